The molecule has 0 radical (unpaired) electrons. The maximum Gasteiger partial charge on any atom is 0.106 e. The van der Waals surface area contributed by atoms with Crippen molar-refractivity contribution in [2.75, 3.05) is 0 Å². The van der Waals surface area contributed by atoms with Crippen LogP contribution < -0.4 is 0 Å². The summed E-state index contributed by atoms with van der Waals surface area (Å²) < 4.78 is 1.18. The summed E-state index contributed by atoms with van der Waals surface area (Å²) in [6.45, 7) is 0. The van der Waals surface area contributed by atoms with Crippen molar-refractivity contribution in [2.45, 2.75) is 0 Å². The van der Waals surface area contributed by atoms with Crippen LogP contribution in [0.1, 0.15) is 0 Å². The van der Waals surface area contributed by atoms with Gasteiger partial charge in [0, 0.05) is 11.6 Å². The van der Waals surface area contributed by atoms with Gasteiger partial charge in [0.1, 0.15) is 5.69 Å². The van der Waals surface area contributed by atoms with Crippen LogP contribution in [0.3, 0.4) is 0 Å². The summed E-state index contributed by atoms with van der Waals surface area (Å²) in [7, 11) is 0. The minimum absolute atomic E-state index is 0.710. The number of rotatable bonds is 1. The average molecular weight is 210 g/mol. The van der Waals surface area contributed by atoms with Crippen molar-refractivity contribution in [1.82, 2.24) is 9.71 Å². The lowest BCUT2D eigenvalue weighted by atomic mass is 10.2. The summed E-state index contributed by atoms with van der Waals surface area (Å²) in [6, 6.07) is 15.3. The molecule has 0 fully saturated rings. The molecule has 0 saturated carbocycles. The molecule has 0 amide bonds. The quantitative estimate of drug-likeness (QED) is 0.627. The molecule has 1 aromatic carbocycles. The van der Waals surface area contributed by atoms with Gasteiger partial charge < -0.3 is 5.21 Å². The van der Waals surface area contributed by atoms with E-state index >= 15 is 0 Å². The molecule has 1 N–H and O–H groups in total. The van der Waals surface area contributed by atoms with Crippen LogP contribution in [-0.4, -0.2) is 14.9 Å². The maximum atomic E-state index is 10.0. The van der Waals surface area contributed by atoms with Gasteiger partial charge in [0.05, 0.1) is 11.2 Å². The molecule has 0 bridgehead atoms. The summed E-state index contributed by atoms with van der Waals surface area (Å²) in [5, 5.41) is 11.0. The van der Waals surface area contributed by atoms with Gasteiger partial charge in [-0.2, -0.15) is 4.73 Å². The molecule has 0 atom stereocenters. The van der Waals surface area contributed by atoms with Crippen LogP contribution in [-0.2, 0) is 0 Å². The molecule has 0 unspecified atom stereocenters. The second-order valence-corrected chi connectivity index (χ2v) is 3.62. The Bertz CT molecular complexity index is 629. The smallest absolute Gasteiger partial charge is 0.106 e. The normalized spacial score (nSPS) is 10.8. The number of pyridine rings is 1. The molecular formula is C13H10N2O. The molecule has 2 heterocycles. The summed E-state index contributed by atoms with van der Waals surface area (Å²) in [4.78, 5) is 4.22. The van der Waals surface area contributed by atoms with Crippen LogP contribution in [0.5, 0.6) is 0 Å². The van der Waals surface area contributed by atoms with E-state index in [4.69, 9.17) is 0 Å². The van der Waals surface area contributed by atoms with Crippen LogP contribution >= 0.6 is 0 Å². The molecule has 3 heteroatoms. The third-order valence-electron chi connectivity index (χ3n) is 2.61. The van der Waals surface area contributed by atoms with Crippen LogP contribution in [0.25, 0.3) is 22.3 Å². The first-order valence-electron chi connectivity index (χ1n) is 5.07. The number of benzene rings is 1. The minimum atomic E-state index is 0.710. The Morgan fingerprint density at radius 3 is 2.56 bits per heavy atom. The van der Waals surface area contributed by atoms with E-state index in [0.717, 1.165) is 16.6 Å². The predicted octanol–water partition coefficient (Wildman–Crippen LogP) is 2.94. The fraction of sp³-hybridized carbons (Fsp3) is 0. The third kappa shape index (κ3) is 1.26. The molecule has 78 valence electrons. The van der Waals surface area contributed by atoms with E-state index in [1.54, 1.807) is 6.20 Å². The van der Waals surface area contributed by atoms with Crippen molar-refractivity contribution < 1.29 is 5.21 Å². The fourth-order valence-corrected chi connectivity index (χ4v) is 1.84. The molecule has 0 aliphatic carbocycles. The first-order valence-corrected chi connectivity index (χ1v) is 5.07. The number of aromatic nitrogens is 2. The van der Waals surface area contributed by atoms with Gasteiger partial charge >= 0.3 is 0 Å². The highest BCUT2D eigenvalue weighted by Gasteiger charge is 2.09. The van der Waals surface area contributed by atoms with Gasteiger partial charge in [-0.15, -0.1) is 0 Å². The summed E-state index contributed by atoms with van der Waals surface area (Å²) >= 11 is 0. The fourth-order valence-electron chi connectivity index (χ4n) is 1.84. The molecule has 0 saturated heterocycles. The lowest BCUT2D eigenvalue weighted by Crippen LogP contribution is -1.93. The monoisotopic (exact) mass is 210 g/mol. The lowest BCUT2D eigenvalue weighted by molar-refractivity contribution is 0.204. The number of hydrogen-bond acceptors (Lipinski definition) is 2. The summed E-state index contributed by atoms with van der Waals surface area (Å²) in [5.74, 6) is 0. The SMILES string of the molecule is On1c(-c2ccccn2)cc2ccccc21. The zero-order chi connectivity index (χ0) is 11.0. The standard InChI is InChI=1S/C13H10N2O/c16-15-12-7-2-1-5-10(12)9-13(15)11-6-3-4-8-14-11/h1-9,16H. The number of fused-ring (bicyclic) bond motifs is 1. The highest BCUT2D eigenvalue weighted by molar-refractivity contribution is 5.85. The van der Waals surface area contributed by atoms with Gasteiger partial charge in [-0.1, -0.05) is 24.3 Å². The Morgan fingerprint density at radius 1 is 1.00 bits per heavy atom. The zero-order valence-electron chi connectivity index (χ0n) is 8.54. The average Bonchev–Trinajstić information content (AvgIpc) is 2.69. The highest BCUT2D eigenvalue weighted by Crippen LogP contribution is 2.24. The molecule has 3 aromatic rings. The van der Waals surface area contributed by atoms with Crippen molar-refractivity contribution >= 4 is 10.9 Å². The Labute approximate surface area is 92.6 Å². The van der Waals surface area contributed by atoms with Gasteiger partial charge in [0.25, 0.3) is 0 Å². The van der Waals surface area contributed by atoms with Crippen LogP contribution in [0.2, 0.25) is 0 Å². The van der Waals surface area contributed by atoms with E-state index in [1.165, 1.54) is 4.73 Å². The van der Waals surface area contributed by atoms with Gasteiger partial charge in [0.15, 0.2) is 0 Å². The van der Waals surface area contributed by atoms with Crippen molar-refractivity contribution in [3.8, 4) is 11.4 Å². The Kier molecular flexibility index (Phi) is 1.90. The molecule has 0 aliphatic rings. The van der Waals surface area contributed by atoms with Crippen LogP contribution in [0.4, 0.5) is 0 Å². The number of nitrogens with zero attached hydrogens (tertiary/aromatic N) is 2. The minimum Gasteiger partial charge on any atom is -0.428 e. The first kappa shape index (κ1) is 8.97. The van der Waals surface area contributed by atoms with Crippen molar-refractivity contribution in [2.24, 2.45) is 0 Å². The molecule has 0 spiro atoms. The second kappa shape index (κ2) is 3.38. The molecule has 2 aromatic heterocycles. The Balaban J connectivity index is 2.29. The van der Waals surface area contributed by atoms with Gasteiger partial charge in [-0.05, 0) is 24.3 Å². The first-order chi connectivity index (χ1) is 7.86. The Hall–Kier alpha value is -2.29. The topological polar surface area (TPSA) is 38.0 Å². The largest absolute Gasteiger partial charge is 0.428 e. The second-order valence-electron chi connectivity index (χ2n) is 3.62. The van der Waals surface area contributed by atoms with E-state index in [1.807, 2.05) is 48.5 Å². The molecule has 16 heavy (non-hydrogen) atoms. The van der Waals surface area contributed by atoms with Gasteiger partial charge in [-0.3, -0.25) is 4.98 Å². The van der Waals surface area contributed by atoms with Crippen LogP contribution in [0, 0.1) is 0 Å². The summed E-state index contributed by atoms with van der Waals surface area (Å²) in [5.41, 5.74) is 2.27. The van der Waals surface area contributed by atoms with E-state index in [0.29, 0.717) is 5.69 Å². The Morgan fingerprint density at radius 2 is 1.81 bits per heavy atom. The van der Waals surface area contributed by atoms with Crippen molar-refractivity contribution in [3.63, 3.8) is 0 Å². The number of hydrogen-bond donors (Lipinski definition) is 1. The zero-order valence-corrected chi connectivity index (χ0v) is 8.54. The molecular weight excluding hydrogens is 200 g/mol. The van der Waals surface area contributed by atoms with Crippen molar-refractivity contribution in [3.05, 3.63) is 54.7 Å². The van der Waals surface area contributed by atoms with Gasteiger partial charge in [0.2, 0.25) is 0 Å². The molecule has 3 rings (SSSR count). The predicted molar refractivity (Wildman–Crippen MR) is 62.4 cm³/mol. The lowest BCUT2D eigenvalue weighted by Gasteiger charge is -2.00. The van der Waals surface area contributed by atoms with Gasteiger partial charge in [-0.25, -0.2) is 0 Å². The highest BCUT2D eigenvalue weighted by atomic mass is 16.5. The van der Waals surface area contributed by atoms with E-state index in [-0.39, 0.29) is 0 Å². The van der Waals surface area contributed by atoms with Crippen molar-refractivity contribution in [1.29, 1.82) is 0 Å². The number of para-hydroxylation sites is 1. The van der Waals surface area contributed by atoms with Crippen LogP contribution in [0.15, 0.2) is 54.7 Å². The van der Waals surface area contributed by atoms with E-state index in [9.17, 15) is 5.21 Å². The molecule has 3 nitrogen and oxygen atoms in total. The third-order valence-corrected chi connectivity index (χ3v) is 2.61. The van der Waals surface area contributed by atoms with E-state index in [2.05, 4.69) is 4.98 Å². The summed E-state index contributed by atoms with van der Waals surface area (Å²) in [6.07, 6.45) is 1.72. The molecule has 0 aliphatic heterocycles. The maximum absolute atomic E-state index is 10.0. The van der Waals surface area contributed by atoms with E-state index < -0.39 is 0 Å².